The van der Waals surface area contributed by atoms with Crippen molar-refractivity contribution < 1.29 is 28.8 Å². The Bertz CT molecular complexity index is 697. The van der Waals surface area contributed by atoms with Crippen molar-refractivity contribution >= 4 is 6.29 Å². The Labute approximate surface area is 133 Å². The molecule has 0 aromatic heterocycles. The second kappa shape index (κ2) is 6.91. The molecule has 0 saturated carbocycles. The first-order valence-electron chi connectivity index (χ1n) is 7.20. The van der Waals surface area contributed by atoms with Crippen LogP contribution < -0.4 is 18.9 Å². The molecule has 4 rings (SSSR count). The van der Waals surface area contributed by atoms with E-state index >= 15 is 0 Å². The van der Waals surface area contributed by atoms with Crippen molar-refractivity contribution in [2.24, 2.45) is 0 Å². The van der Waals surface area contributed by atoms with Gasteiger partial charge in [-0.2, -0.15) is 0 Å². The quantitative estimate of drug-likeness (QED) is 0.815. The maximum absolute atomic E-state index is 10.4. The average molecular weight is 316 g/mol. The zero-order valence-electron chi connectivity index (χ0n) is 12.4. The van der Waals surface area contributed by atoms with Crippen molar-refractivity contribution in [3.8, 4) is 28.7 Å². The first-order chi connectivity index (χ1) is 11.3. The maximum atomic E-state index is 10.4. The normalized spacial score (nSPS) is 14.3. The highest BCUT2D eigenvalue weighted by Gasteiger charge is 2.11. The third kappa shape index (κ3) is 3.66. The molecule has 2 aliphatic rings. The molecular formula is C17H16O6. The van der Waals surface area contributed by atoms with Crippen LogP contribution in [0.2, 0.25) is 0 Å². The van der Waals surface area contributed by atoms with E-state index in [1.165, 1.54) is 0 Å². The lowest BCUT2D eigenvalue weighted by atomic mass is 10.2. The summed E-state index contributed by atoms with van der Waals surface area (Å²) in [6, 6.07) is 9.96. The number of hydrogen-bond acceptors (Lipinski definition) is 6. The van der Waals surface area contributed by atoms with Crippen LogP contribution in [0.25, 0.3) is 0 Å². The molecule has 2 aromatic rings. The van der Waals surface area contributed by atoms with Crippen LogP contribution in [-0.4, -0.2) is 37.8 Å². The lowest BCUT2D eigenvalue weighted by Crippen LogP contribution is -2.15. The number of hydrogen-bond donors (Lipinski definition) is 1. The lowest BCUT2D eigenvalue weighted by Gasteiger charge is -2.17. The number of aldehydes is 1. The first-order valence-corrected chi connectivity index (χ1v) is 7.20. The lowest BCUT2D eigenvalue weighted by molar-refractivity contribution is 0.112. The highest BCUT2D eigenvalue weighted by molar-refractivity contribution is 5.76. The predicted octanol–water partition coefficient (Wildman–Crippen LogP) is 2.43. The van der Waals surface area contributed by atoms with Gasteiger partial charge in [0.2, 0.25) is 0 Å². The Kier molecular flexibility index (Phi) is 4.52. The van der Waals surface area contributed by atoms with Gasteiger partial charge in [0.1, 0.15) is 38.5 Å². The van der Waals surface area contributed by atoms with Gasteiger partial charge in [0.05, 0.1) is 0 Å². The molecule has 0 amide bonds. The number of carbonyl (C=O) groups excluding carboxylic acids is 1. The van der Waals surface area contributed by atoms with E-state index in [4.69, 9.17) is 24.1 Å². The first kappa shape index (κ1) is 15.0. The molecule has 1 N–H and O–H groups in total. The molecule has 120 valence electrons. The van der Waals surface area contributed by atoms with E-state index in [1.54, 1.807) is 36.4 Å². The van der Waals surface area contributed by atoms with Crippen LogP contribution in [0.1, 0.15) is 10.4 Å². The number of ether oxygens (including phenoxy) is 4. The van der Waals surface area contributed by atoms with E-state index in [0.29, 0.717) is 55.0 Å². The maximum Gasteiger partial charge on any atom is 0.165 e. The minimum Gasteiger partial charge on any atom is -0.508 e. The largest absolute Gasteiger partial charge is 0.508 e. The van der Waals surface area contributed by atoms with Gasteiger partial charge in [0.15, 0.2) is 23.0 Å². The fraction of sp³-hybridized carbons (Fsp3) is 0.235. The van der Waals surface area contributed by atoms with Crippen LogP contribution in [0.5, 0.6) is 28.7 Å². The van der Waals surface area contributed by atoms with Crippen LogP contribution >= 0.6 is 0 Å². The summed E-state index contributed by atoms with van der Waals surface area (Å²) in [5, 5.41) is 9.05. The van der Waals surface area contributed by atoms with Gasteiger partial charge in [0.25, 0.3) is 0 Å². The second-order valence-corrected chi connectivity index (χ2v) is 4.85. The molecule has 23 heavy (non-hydrogen) atoms. The SMILES string of the molecule is O=Cc1ccc2c(c1)OCCO2.Oc1ccc2c(c1)OCCO2. The third-order valence-corrected chi connectivity index (χ3v) is 3.23. The van der Waals surface area contributed by atoms with E-state index in [0.717, 1.165) is 6.29 Å². The summed E-state index contributed by atoms with van der Waals surface area (Å²) in [5.41, 5.74) is 0.610. The summed E-state index contributed by atoms with van der Waals surface area (Å²) in [6.45, 7) is 2.26. The topological polar surface area (TPSA) is 74.2 Å². The van der Waals surface area contributed by atoms with Crippen LogP contribution in [0.3, 0.4) is 0 Å². The number of benzene rings is 2. The predicted molar refractivity (Wildman–Crippen MR) is 81.9 cm³/mol. The second-order valence-electron chi connectivity index (χ2n) is 4.85. The monoisotopic (exact) mass is 316 g/mol. The summed E-state index contributed by atoms with van der Waals surface area (Å²) in [6.07, 6.45) is 0.790. The summed E-state index contributed by atoms with van der Waals surface area (Å²) in [5.74, 6) is 2.90. The van der Waals surface area contributed by atoms with Gasteiger partial charge in [0, 0.05) is 11.6 Å². The Morgan fingerprint density at radius 1 is 0.739 bits per heavy atom. The molecule has 6 heteroatoms. The van der Waals surface area contributed by atoms with Crippen LogP contribution in [0, 0.1) is 0 Å². The third-order valence-electron chi connectivity index (χ3n) is 3.23. The molecule has 0 bridgehead atoms. The van der Waals surface area contributed by atoms with E-state index in [9.17, 15) is 4.79 Å². The van der Waals surface area contributed by atoms with Gasteiger partial charge in [-0.25, -0.2) is 0 Å². The Morgan fingerprint density at radius 3 is 1.87 bits per heavy atom. The number of phenols is 1. The number of rotatable bonds is 1. The van der Waals surface area contributed by atoms with E-state index in [2.05, 4.69) is 0 Å². The smallest absolute Gasteiger partial charge is 0.165 e. The number of aromatic hydroxyl groups is 1. The molecule has 6 nitrogen and oxygen atoms in total. The van der Waals surface area contributed by atoms with Gasteiger partial charge >= 0.3 is 0 Å². The van der Waals surface area contributed by atoms with Gasteiger partial charge in [-0.1, -0.05) is 0 Å². The van der Waals surface area contributed by atoms with Crippen molar-refractivity contribution in [2.45, 2.75) is 0 Å². The minimum atomic E-state index is 0.203. The number of fused-ring (bicyclic) bond motifs is 2. The molecule has 0 atom stereocenters. The Balaban J connectivity index is 0.000000136. The van der Waals surface area contributed by atoms with Crippen molar-refractivity contribution in [2.75, 3.05) is 26.4 Å². The molecule has 0 fully saturated rings. The molecule has 2 aromatic carbocycles. The van der Waals surface area contributed by atoms with Gasteiger partial charge in [-0.3, -0.25) is 4.79 Å². The fourth-order valence-electron chi connectivity index (χ4n) is 2.17. The Hall–Kier alpha value is -2.89. The van der Waals surface area contributed by atoms with Crippen LogP contribution in [0.4, 0.5) is 0 Å². The van der Waals surface area contributed by atoms with E-state index in [-0.39, 0.29) is 5.75 Å². The zero-order chi connectivity index (χ0) is 16.1. The summed E-state index contributed by atoms with van der Waals surface area (Å²) in [4.78, 5) is 10.4. The molecule has 0 unspecified atom stereocenters. The molecule has 2 aliphatic heterocycles. The molecule has 0 radical (unpaired) electrons. The van der Waals surface area contributed by atoms with Crippen molar-refractivity contribution in [1.82, 2.24) is 0 Å². The van der Waals surface area contributed by atoms with Crippen LogP contribution in [-0.2, 0) is 0 Å². The molecule has 0 aliphatic carbocycles. The summed E-state index contributed by atoms with van der Waals surface area (Å²) < 4.78 is 21.0. The van der Waals surface area contributed by atoms with Gasteiger partial charge in [-0.15, -0.1) is 0 Å². The Morgan fingerprint density at radius 2 is 1.26 bits per heavy atom. The van der Waals surface area contributed by atoms with Crippen molar-refractivity contribution in [3.05, 3.63) is 42.0 Å². The minimum absolute atomic E-state index is 0.203. The fourth-order valence-corrected chi connectivity index (χ4v) is 2.17. The molecule has 0 spiro atoms. The summed E-state index contributed by atoms with van der Waals surface area (Å²) >= 11 is 0. The highest BCUT2D eigenvalue weighted by atomic mass is 16.6. The van der Waals surface area contributed by atoms with E-state index < -0.39 is 0 Å². The van der Waals surface area contributed by atoms with E-state index in [1.807, 2.05) is 0 Å². The molecular weight excluding hydrogens is 300 g/mol. The van der Waals surface area contributed by atoms with Gasteiger partial charge in [-0.05, 0) is 30.3 Å². The van der Waals surface area contributed by atoms with Gasteiger partial charge < -0.3 is 24.1 Å². The van der Waals surface area contributed by atoms with Crippen LogP contribution in [0.15, 0.2) is 36.4 Å². The van der Waals surface area contributed by atoms with Crippen molar-refractivity contribution in [3.63, 3.8) is 0 Å². The molecule has 0 saturated heterocycles. The molecule has 2 heterocycles. The number of carbonyl (C=O) groups is 1. The van der Waals surface area contributed by atoms with Crippen molar-refractivity contribution in [1.29, 1.82) is 0 Å². The summed E-state index contributed by atoms with van der Waals surface area (Å²) in [7, 11) is 0. The number of phenolic OH excluding ortho intramolecular Hbond substituents is 1. The highest BCUT2D eigenvalue weighted by Crippen LogP contribution is 2.32. The average Bonchev–Trinajstić information content (AvgIpc) is 2.61. The zero-order valence-corrected chi connectivity index (χ0v) is 12.4. The standard InChI is InChI=1S/C9H8O3.C8H8O3/c10-6-7-1-2-8-9(5-7)12-4-3-11-8;9-6-1-2-7-8(5-6)11-4-3-10-7/h1-2,5-6H,3-4H2;1-2,5,9H,3-4H2.